The van der Waals surface area contributed by atoms with Gasteiger partial charge in [-0.15, -0.1) is 0 Å². The Morgan fingerprint density at radius 3 is 2.28 bits per heavy atom. The standard InChI is InChI=1S/C15H29NO2/c1-3-4-5-6-7-8-9-10-16-11-14(12-16)13(2)15(17)18/h13-14H,3-12H2,1-2H3,(H,17,18). The molecular formula is C15H29NO2. The molecular weight excluding hydrogens is 226 g/mol. The van der Waals surface area contributed by atoms with Crippen molar-refractivity contribution in [2.24, 2.45) is 11.8 Å². The van der Waals surface area contributed by atoms with Crippen LogP contribution in [-0.4, -0.2) is 35.6 Å². The number of unbranched alkanes of at least 4 members (excludes halogenated alkanes) is 6. The third-order valence-electron chi connectivity index (χ3n) is 4.16. The normalized spacial score (nSPS) is 18.6. The molecule has 1 rings (SSSR count). The van der Waals surface area contributed by atoms with Crippen molar-refractivity contribution in [2.45, 2.75) is 58.8 Å². The Morgan fingerprint density at radius 2 is 1.72 bits per heavy atom. The number of carbonyl (C=O) groups is 1. The van der Waals surface area contributed by atoms with Crippen LogP contribution in [0.3, 0.4) is 0 Å². The lowest BCUT2D eigenvalue weighted by Gasteiger charge is -2.41. The summed E-state index contributed by atoms with van der Waals surface area (Å²) in [6, 6.07) is 0. The summed E-state index contributed by atoms with van der Waals surface area (Å²) in [4.78, 5) is 13.2. The Morgan fingerprint density at radius 1 is 1.17 bits per heavy atom. The van der Waals surface area contributed by atoms with Gasteiger partial charge in [0, 0.05) is 13.1 Å². The summed E-state index contributed by atoms with van der Waals surface area (Å²) in [6.07, 6.45) is 9.44. The molecule has 106 valence electrons. The zero-order chi connectivity index (χ0) is 13.4. The summed E-state index contributed by atoms with van der Waals surface area (Å²) in [5, 5.41) is 8.90. The van der Waals surface area contributed by atoms with E-state index in [4.69, 9.17) is 5.11 Å². The predicted molar refractivity (Wildman–Crippen MR) is 74.7 cm³/mol. The second-order valence-electron chi connectivity index (χ2n) is 5.77. The smallest absolute Gasteiger partial charge is 0.306 e. The van der Waals surface area contributed by atoms with Crippen molar-refractivity contribution >= 4 is 5.97 Å². The summed E-state index contributed by atoms with van der Waals surface area (Å²) < 4.78 is 0. The van der Waals surface area contributed by atoms with Gasteiger partial charge in [0.1, 0.15) is 0 Å². The van der Waals surface area contributed by atoms with E-state index in [0.29, 0.717) is 5.92 Å². The van der Waals surface area contributed by atoms with Crippen molar-refractivity contribution in [2.75, 3.05) is 19.6 Å². The van der Waals surface area contributed by atoms with E-state index >= 15 is 0 Å². The minimum Gasteiger partial charge on any atom is -0.481 e. The molecule has 1 heterocycles. The number of hydrogen-bond donors (Lipinski definition) is 1. The minimum atomic E-state index is -0.643. The first-order valence-corrected chi connectivity index (χ1v) is 7.60. The second-order valence-corrected chi connectivity index (χ2v) is 5.77. The SMILES string of the molecule is CCCCCCCCCN1CC(C(C)C(=O)O)C1. The van der Waals surface area contributed by atoms with Gasteiger partial charge in [-0.3, -0.25) is 4.79 Å². The quantitative estimate of drug-likeness (QED) is 0.608. The third-order valence-corrected chi connectivity index (χ3v) is 4.16. The van der Waals surface area contributed by atoms with Crippen molar-refractivity contribution < 1.29 is 9.90 Å². The zero-order valence-corrected chi connectivity index (χ0v) is 12.0. The van der Waals surface area contributed by atoms with E-state index in [1.165, 1.54) is 44.9 Å². The van der Waals surface area contributed by atoms with Crippen molar-refractivity contribution in [3.8, 4) is 0 Å². The Kier molecular flexibility index (Phi) is 7.33. The molecule has 3 nitrogen and oxygen atoms in total. The van der Waals surface area contributed by atoms with E-state index in [9.17, 15) is 4.79 Å². The van der Waals surface area contributed by atoms with Gasteiger partial charge in [0.2, 0.25) is 0 Å². The molecule has 0 radical (unpaired) electrons. The molecule has 1 aliphatic heterocycles. The van der Waals surface area contributed by atoms with E-state index in [-0.39, 0.29) is 5.92 Å². The van der Waals surface area contributed by atoms with Crippen LogP contribution in [0.5, 0.6) is 0 Å². The molecule has 0 aromatic carbocycles. The molecule has 0 spiro atoms. The van der Waals surface area contributed by atoms with Crippen molar-refractivity contribution in [3.05, 3.63) is 0 Å². The molecule has 1 aliphatic rings. The fraction of sp³-hybridized carbons (Fsp3) is 0.933. The largest absolute Gasteiger partial charge is 0.481 e. The van der Waals surface area contributed by atoms with Gasteiger partial charge in [-0.05, 0) is 18.9 Å². The van der Waals surface area contributed by atoms with Crippen LogP contribution >= 0.6 is 0 Å². The molecule has 0 aromatic heterocycles. The van der Waals surface area contributed by atoms with Crippen molar-refractivity contribution in [1.29, 1.82) is 0 Å². The van der Waals surface area contributed by atoms with E-state index in [0.717, 1.165) is 19.6 Å². The van der Waals surface area contributed by atoms with Gasteiger partial charge >= 0.3 is 5.97 Å². The molecule has 3 heteroatoms. The van der Waals surface area contributed by atoms with Crippen LogP contribution < -0.4 is 0 Å². The first-order chi connectivity index (χ1) is 8.65. The highest BCUT2D eigenvalue weighted by Gasteiger charge is 2.33. The molecule has 0 aliphatic carbocycles. The van der Waals surface area contributed by atoms with Gasteiger partial charge < -0.3 is 10.0 Å². The minimum absolute atomic E-state index is 0.171. The molecule has 0 bridgehead atoms. The Hall–Kier alpha value is -0.570. The fourth-order valence-corrected chi connectivity index (χ4v) is 2.60. The third kappa shape index (κ3) is 5.38. The van der Waals surface area contributed by atoms with Crippen molar-refractivity contribution in [3.63, 3.8) is 0 Å². The van der Waals surface area contributed by atoms with Gasteiger partial charge in [0.15, 0.2) is 0 Å². The van der Waals surface area contributed by atoms with Crippen LogP contribution in [0.15, 0.2) is 0 Å². The highest BCUT2D eigenvalue weighted by Crippen LogP contribution is 2.24. The lowest BCUT2D eigenvalue weighted by molar-refractivity contribution is -0.145. The number of aliphatic carboxylic acids is 1. The van der Waals surface area contributed by atoms with Gasteiger partial charge in [-0.1, -0.05) is 52.4 Å². The van der Waals surface area contributed by atoms with Crippen LogP contribution in [-0.2, 0) is 4.79 Å². The lowest BCUT2D eigenvalue weighted by atomic mass is 9.87. The van der Waals surface area contributed by atoms with Crippen LogP contribution in [0.25, 0.3) is 0 Å². The summed E-state index contributed by atoms with van der Waals surface area (Å²) in [5.41, 5.74) is 0. The zero-order valence-electron chi connectivity index (χ0n) is 12.0. The van der Waals surface area contributed by atoms with E-state index in [1.807, 2.05) is 6.92 Å². The number of nitrogens with zero attached hydrogens (tertiary/aromatic N) is 1. The summed E-state index contributed by atoms with van der Waals surface area (Å²) in [5.74, 6) is -0.432. The first kappa shape index (κ1) is 15.5. The average Bonchev–Trinajstić information content (AvgIpc) is 2.29. The number of hydrogen-bond acceptors (Lipinski definition) is 2. The highest BCUT2D eigenvalue weighted by atomic mass is 16.4. The van der Waals surface area contributed by atoms with Crippen LogP contribution in [0.2, 0.25) is 0 Å². The summed E-state index contributed by atoms with van der Waals surface area (Å²) in [6.45, 7) is 7.22. The Labute approximate surface area is 112 Å². The molecule has 1 unspecified atom stereocenters. The molecule has 1 saturated heterocycles. The molecule has 1 atom stereocenters. The monoisotopic (exact) mass is 255 g/mol. The molecule has 1 fully saturated rings. The van der Waals surface area contributed by atoms with Gasteiger partial charge in [0.25, 0.3) is 0 Å². The van der Waals surface area contributed by atoms with Gasteiger partial charge in [-0.2, -0.15) is 0 Å². The van der Waals surface area contributed by atoms with Crippen LogP contribution in [0, 0.1) is 11.8 Å². The van der Waals surface area contributed by atoms with Gasteiger partial charge in [0.05, 0.1) is 5.92 Å². The highest BCUT2D eigenvalue weighted by molar-refractivity contribution is 5.70. The molecule has 18 heavy (non-hydrogen) atoms. The van der Waals surface area contributed by atoms with Crippen LogP contribution in [0.1, 0.15) is 58.8 Å². The second kappa shape index (κ2) is 8.52. The molecule has 1 N–H and O–H groups in total. The lowest BCUT2D eigenvalue weighted by Crippen LogP contribution is -2.51. The molecule has 0 amide bonds. The predicted octanol–water partition coefficient (Wildman–Crippen LogP) is 3.39. The Balaban J connectivity index is 1.89. The number of carboxylic acid groups (broad SMARTS) is 1. The first-order valence-electron chi connectivity index (χ1n) is 7.60. The van der Waals surface area contributed by atoms with E-state index < -0.39 is 5.97 Å². The topological polar surface area (TPSA) is 40.5 Å². The maximum atomic E-state index is 10.8. The van der Waals surface area contributed by atoms with E-state index in [1.54, 1.807) is 0 Å². The molecule has 0 saturated carbocycles. The number of carboxylic acids is 1. The maximum absolute atomic E-state index is 10.8. The molecule has 0 aromatic rings. The summed E-state index contributed by atoms with van der Waals surface area (Å²) in [7, 11) is 0. The maximum Gasteiger partial charge on any atom is 0.306 e. The average molecular weight is 255 g/mol. The van der Waals surface area contributed by atoms with Crippen LogP contribution in [0.4, 0.5) is 0 Å². The summed E-state index contributed by atoms with van der Waals surface area (Å²) >= 11 is 0. The fourth-order valence-electron chi connectivity index (χ4n) is 2.60. The number of rotatable bonds is 10. The van der Waals surface area contributed by atoms with Gasteiger partial charge in [-0.25, -0.2) is 0 Å². The van der Waals surface area contributed by atoms with Crippen molar-refractivity contribution in [1.82, 2.24) is 4.90 Å². The number of likely N-dealkylation sites (tertiary alicyclic amines) is 1. The van der Waals surface area contributed by atoms with E-state index in [2.05, 4.69) is 11.8 Å². The Bertz CT molecular complexity index is 237.